The number of nitrogens with zero attached hydrogens (tertiary/aromatic N) is 3. The molecule has 69 heavy (non-hydrogen) atoms. The van der Waals surface area contributed by atoms with Gasteiger partial charge in [-0.15, -0.1) is 6.42 Å². The summed E-state index contributed by atoms with van der Waals surface area (Å²) >= 11 is 0. The Morgan fingerprint density at radius 2 is 1.20 bits per heavy atom. The predicted molar refractivity (Wildman–Crippen MR) is 298 cm³/mol. The summed E-state index contributed by atoms with van der Waals surface area (Å²) in [6.45, 7) is 14.7. The average molecular weight is 886 g/mol. The number of terminal acetylenes is 1. The van der Waals surface area contributed by atoms with Crippen LogP contribution in [0.15, 0.2) is 219 Å². The van der Waals surface area contributed by atoms with Gasteiger partial charge in [-0.1, -0.05) is 172 Å². The third kappa shape index (κ3) is 6.92. The van der Waals surface area contributed by atoms with Crippen molar-refractivity contribution in [3.05, 3.63) is 247 Å². The first-order valence-corrected chi connectivity index (χ1v) is 23.9. The molecule has 1 aliphatic carbocycles. The van der Waals surface area contributed by atoms with Crippen LogP contribution < -0.4 is 4.90 Å². The monoisotopic (exact) mass is 885 g/mol. The largest absolute Gasteiger partial charge is 0.310 e. The van der Waals surface area contributed by atoms with Crippen LogP contribution in [-0.4, -0.2) is 8.97 Å². The molecule has 0 unspecified atom stereocenters. The van der Waals surface area contributed by atoms with Crippen LogP contribution in [0.4, 0.5) is 17.1 Å². The van der Waals surface area contributed by atoms with E-state index in [4.69, 9.17) is 6.42 Å². The molecule has 0 saturated carbocycles. The minimum atomic E-state index is 0.839. The highest BCUT2D eigenvalue weighted by Crippen LogP contribution is 2.46. The molecule has 330 valence electrons. The number of anilines is 3. The van der Waals surface area contributed by atoms with Crippen LogP contribution >= 0.6 is 0 Å². The first-order valence-electron chi connectivity index (χ1n) is 23.9. The van der Waals surface area contributed by atoms with Gasteiger partial charge in [-0.25, -0.2) is 0 Å². The van der Waals surface area contributed by atoms with Crippen molar-refractivity contribution < 1.29 is 0 Å². The normalized spacial score (nSPS) is 12.4. The van der Waals surface area contributed by atoms with E-state index in [-0.39, 0.29) is 0 Å². The van der Waals surface area contributed by atoms with Gasteiger partial charge in [0.25, 0.3) is 0 Å². The Kier molecular flexibility index (Phi) is 11.0. The van der Waals surface area contributed by atoms with E-state index in [9.17, 15) is 0 Å². The summed E-state index contributed by atoms with van der Waals surface area (Å²) in [5.41, 5.74) is 21.2. The number of aromatic nitrogens is 2. The zero-order valence-corrected chi connectivity index (χ0v) is 39.2. The van der Waals surface area contributed by atoms with Crippen LogP contribution in [0.2, 0.25) is 0 Å². The molecule has 11 aromatic rings. The molecule has 0 aliphatic heterocycles. The Morgan fingerprint density at radius 3 is 1.94 bits per heavy atom. The van der Waals surface area contributed by atoms with Gasteiger partial charge in [0.15, 0.2) is 0 Å². The Bertz CT molecular complexity index is 3930. The Labute approximate surface area is 404 Å². The van der Waals surface area contributed by atoms with Gasteiger partial charge in [0.2, 0.25) is 0 Å². The maximum Gasteiger partial charge on any atom is 0.0620 e. The predicted octanol–water partition coefficient (Wildman–Crippen LogP) is 17.8. The summed E-state index contributed by atoms with van der Waals surface area (Å²) in [4.78, 5) is 2.40. The minimum Gasteiger partial charge on any atom is -0.310 e. The van der Waals surface area contributed by atoms with Crippen molar-refractivity contribution >= 4 is 83.4 Å². The zero-order chi connectivity index (χ0) is 47.2. The van der Waals surface area contributed by atoms with Crippen molar-refractivity contribution in [2.24, 2.45) is 0 Å². The van der Waals surface area contributed by atoms with Crippen LogP contribution in [0.25, 0.3) is 88.6 Å². The maximum atomic E-state index is 5.56. The molecule has 0 atom stereocenters. The van der Waals surface area contributed by atoms with E-state index in [1.54, 1.807) is 6.08 Å². The second-order valence-electron chi connectivity index (χ2n) is 17.2. The number of hydrogen-bond acceptors (Lipinski definition) is 1. The van der Waals surface area contributed by atoms with Crippen LogP contribution in [-0.2, 0) is 6.42 Å². The third-order valence-electron chi connectivity index (χ3n) is 13.7. The van der Waals surface area contributed by atoms with E-state index in [1.165, 1.54) is 88.4 Å². The van der Waals surface area contributed by atoms with E-state index in [0.29, 0.717) is 0 Å². The molecule has 0 bridgehead atoms. The average Bonchev–Trinajstić information content (AvgIpc) is 4.14. The van der Waals surface area contributed by atoms with Gasteiger partial charge in [0, 0.05) is 60.8 Å². The molecule has 3 heterocycles. The summed E-state index contributed by atoms with van der Waals surface area (Å²) in [6, 6.07) is 64.4. The molecule has 0 saturated heterocycles. The Hall–Kier alpha value is -8.84. The Balaban J connectivity index is 0.00000257. The van der Waals surface area contributed by atoms with Crippen molar-refractivity contribution in [1.29, 1.82) is 0 Å². The topological polar surface area (TPSA) is 12.6 Å². The minimum absolute atomic E-state index is 0.839. The molecule has 0 fully saturated rings. The third-order valence-corrected chi connectivity index (χ3v) is 13.7. The molecular weight excluding hydrogens is 835 g/mol. The van der Waals surface area contributed by atoms with Crippen LogP contribution in [0.5, 0.6) is 0 Å². The molecule has 0 N–H and O–H groups in total. The number of hydrogen-bond donors (Lipinski definition) is 0. The van der Waals surface area contributed by atoms with Gasteiger partial charge in [-0.05, 0) is 125 Å². The second-order valence-corrected chi connectivity index (χ2v) is 17.2. The molecule has 3 heteroatoms. The first-order chi connectivity index (χ1) is 34.1. The summed E-state index contributed by atoms with van der Waals surface area (Å²) in [5.74, 6) is 2.60. The highest BCUT2D eigenvalue weighted by Gasteiger charge is 2.26. The van der Waals surface area contributed by atoms with Crippen molar-refractivity contribution in [2.75, 3.05) is 4.90 Å². The molecule has 3 nitrogen and oxygen atoms in total. The summed E-state index contributed by atoms with van der Waals surface area (Å²) in [7, 11) is 0. The van der Waals surface area contributed by atoms with Gasteiger partial charge < -0.3 is 13.9 Å². The zero-order valence-electron chi connectivity index (χ0n) is 39.2. The number of allylic oxidation sites excluding steroid dienone is 6. The summed E-state index contributed by atoms with van der Waals surface area (Å²) in [5, 5.41) is 6.10. The van der Waals surface area contributed by atoms with Crippen LogP contribution in [0, 0.1) is 12.3 Å². The molecular formula is C66H51N3. The fourth-order valence-electron chi connectivity index (χ4n) is 10.8. The Morgan fingerprint density at radius 1 is 0.594 bits per heavy atom. The van der Waals surface area contributed by atoms with Crippen molar-refractivity contribution in [2.45, 2.75) is 27.2 Å². The lowest BCUT2D eigenvalue weighted by Gasteiger charge is -2.26. The van der Waals surface area contributed by atoms with E-state index >= 15 is 0 Å². The fourth-order valence-corrected chi connectivity index (χ4v) is 10.8. The molecule has 0 spiro atoms. The van der Waals surface area contributed by atoms with Gasteiger partial charge in [0.1, 0.15) is 0 Å². The molecule has 12 rings (SSSR count). The van der Waals surface area contributed by atoms with E-state index in [2.05, 4.69) is 222 Å². The lowest BCUT2D eigenvalue weighted by atomic mass is 9.94. The molecule has 3 aromatic heterocycles. The van der Waals surface area contributed by atoms with Crippen molar-refractivity contribution in [3.63, 3.8) is 0 Å². The SMILES string of the molecule is C#C/C=C\C=C(/C=C)n1c2ccccc2c2cc(N(c3ccc(-c4ccccc4)cc3)c3ccc4c(c3)Cc3cc(/C(=C/C)c5c(C=C)c6cccc7c8ccccc8n5c67)ccc3-4)ccc21.CC. The summed E-state index contributed by atoms with van der Waals surface area (Å²) < 4.78 is 4.73. The van der Waals surface area contributed by atoms with Crippen LogP contribution in [0.3, 0.4) is 0 Å². The van der Waals surface area contributed by atoms with E-state index in [0.717, 1.165) is 45.6 Å². The van der Waals surface area contributed by atoms with Gasteiger partial charge in [-0.3, -0.25) is 0 Å². The number of benzene rings is 8. The van der Waals surface area contributed by atoms with E-state index in [1.807, 2.05) is 38.2 Å². The molecule has 0 radical (unpaired) electrons. The highest BCUT2D eigenvalue weighted by atomic mass is 15.1. The first kappa shape index (κ1) is 42.8. The lowest BCUT2D eigenvalue weighted by Crippen LogP contribution is -2.10. The molecule has 1 aliphatic rings. The smallest absolute Gasteiger partial charge is 0.0620 e. The fraction of sp³-hybridized carbons (Fsp3) is 0.0606. The highest BCUT2D eigenvalue weighted by molar-refractivity contribution is 6.18. The quantitative estimate of drug-likeness (QED) is 0.0985. The maximum absolute atomic E-state index is 5.56. The number of rotatable bonds is 10. The molecule has 8 aromatic carbocycles. The van der Waals surface area contributed by atoms with Crippen molar-refractivity contribution in [1.82, 2.24) is 8.97 Å². The van der Waals surface area contributed by atoms with Gasteiger partial charge >= 0.3 is 0 Å². The van der Waals surface area contributed by atoms with Gasteiger partial charge in [0.05, 0.1) is 27.8 Å². The number of fused-ring (bicyclic) bond motifs is 9. The molecule has 0 amide bonds. The van der Waals surface area contributed by atoms with Crippen molar-refractivity contribution in [3.8, 4) is 34.6 Å². The number of para-hydroxylation sites is 3. The standard InChI is InChI=1S/C64H45N3.C2H6/c1-5-9-11-21-47(6-2)66-60-26-16-15-23-56(60)59-41-50(34-37-62(59)66)65(48-31-28-43(29-32-48)42-19-12-10-13-20-42)49-33-36-54-46(40-49)39-45-38-44(30-35-53(45)54)51(7-3)63-52(8-4)57-24-18-25-58-55-22-14-17-27-61(55)67(63)64(57)58;1-2/h1,6-38,40-41H,2,4,39H2,3H3;1-2H3/b11-9-,47-21+,51-7-;. The van der Waals surface area contributed by atoms with Gasteiger partial charge in [-0.2, -0.15) is 0 Å². The second kappa shape index (κ2) is 17.8. The van der Waals surface area contributed by atoms with E-state index < -0.39 is 0 Å². The van der Waals surface area contributed by atoms with Crippen LogP contribution in [0.1, 0.15) is 48.7 Å². The lowest BCUT2D eigenvalue weighted by molar-refractivity contribution is 1.22. The summed E-state index contributed by atoms with van der Waals surface area (Å²) in [6.07, 6.45) is 18.2.